The van der Waals surface area contributed by atoms with Crippen molar-refractivity contribution in [1.29, 1.82) is 0 Å². The third kappa shape index (κ3) is 3.63. The Morgan fingerprint density at radius 1 is 1.13 bits per heavy atom. The lowest BCUT2D eigenvalue weighted by molar-refractivity contribution is -0.145. The Morgan fingerprint density at radius 2 is 1.70 bits per heavy atom. The summed E-state index contributed by atoms with van der Waals surface area (Å²) in [4.78, 5) is 27.3. The SMILES string of the molecule is C[C@@H]1CN(C(=O)O)[C@@H](c2ccc(F)cc2)CN1C(=O)C(C)(C)C. The lowest BCUT2D eigenvalue weighted by atomic mass is 9.91. The molecule has 2 atom stereocenters. The van der Waals surface area contributed by atoms with Gasteiger partial charge in [0, 0.05) is 24.5 Å². The molecule has 5 nitrogen and oxygen atoms in total. The van der Waals surface area contributed by atoms with Crippen LogP contribution in [0.3, 0.4) is 0 Å². The largest absolute Gasteiger partial charge is 0.465 e. The van der Waals surface area contributed by atoms with Crippen LogP contribution < -0.4 is 0 Å². The van der Waals surface area contributed by atoms with Gasteiger partial charge in [-0.2, -0.15) is 0 Å². The Morgan fingerprint density at radius 3 is 2.17 bits per heavy atom. The normalized spacial score (nSPS) is 22.1. The molecular weight excluding hydrogens is 299 g/mol. The van der Waals surface area contributed by atoms with Gasteiger partial charge in [0.15, 0.2) is 0 Å². The first-order chi connectivity index (χ1) is 10.6. The number of carbonyl (C=O) groups excluding carboxylic acids is 1. The molecule has 0 unspecified atom stereocenters. The predicted molar refractivity (Wildman–Crippen MR) is 84.5 cm³/mol. The summed E-state index contributed by atoms with van der Waals surface area (Å²) in [6, 6.07) is 5.08. The van der Waals surface area contributed by atoms with Crippen molar-refractivity contribution in [2.75, 3.05) is 13.1 Å². The van der Waals surface area contributed by atoms with Crippen molar-refractivity contribution in [3.8, 4) is 0 Å². The number of nitrogens with zero attached hydrogens (tertiary/aromatic N) is 2. The molecule has 1 aliphatic heterocycles. The van der Waals surface area contributed by atoms with Gasteiger partial charge >= 0.3 is 6.09 Å². The van der Waals surface area contributed by atoms with Gasteiger partial charge in [-0.15, -0.1) is 0 Å². The van der Waals surface area contributed by atoms with Gasteiger partial charge in [0.05, 0.1) is 6.04 Å². The van der Waals surface area contributed by atoms with Crippen LogP contribution in [0, 0.1) is 11.2 Å². The van der Waals surface area contributed by atoms with E-state index in [0.29, 0.717) is 5.56 Å². The van der Waals surface area contributed by atoms with Gasteiger partial charge in [-0.1, -0.05) is 32.9 Å². The zero-order chi connectivity index (χ0) is 17.4. The predicted octanol–water partition coefficient (Wildman–Crippen LogP) is 3.12. The maximum atomic E-state index is 13.1. The molecule has 2 rings (SSSR count). The number of hydrogen-bond donors (Lipinski definition) is 1. The minimum absolute atomic E-state index is 0.0119. The number of halogens is 1. The number of piperazine rings is 1. The van der Waals surface area contributed by atoms with Crippen LogP contribution in [0.1, 0.15) is 39.3 Å². The van der Waals surface area contributed by atoms with Crippen LogP contribution in [0.5, 0.6) is 0 Å². The van der Waals surface area contributed by atoms with E-state index in [9.17, 15) is 19.1 Å². The van der Waals surface area contributed by atoms with Crippen LogP contribution in [0.4, 0.5) is 9.18 Å². The third-order valence-electron chi connectivity index (χ3n) is 4.14. The Bertz CT molecular complexity index is 595. The molecule has 1 heterocycles. The minimum atomic E-state index is -1.03. The lowest BCUT2D eigenvalue weighted by Gasteiger charge is -2.46. The van der Waals surface area contributed by atoms with Gasteiger partial charge in [0.1, 0.15) is 5.82 Å². The molecule has 0 spiro atoms. The number of amides is 2. The van der Waals surface area contributed by atoms with E-state index in [1.54, 1.807) is 17.0 Å². The summed E-state index contributed by atoms with van der Waals surface area (Å²) in [7, 11) is 0. The van der Waals surface area contributed by atoms with Crippen molar-refractivity contribution >= 4 is 12.0 Å². The average molecular weight is 322 g/mol. The first-order valence-corrected chi connectivity index (χ1v) is 7.67. The molecule has 2 amide bonds. The molecule has 0 radical (unpaired) electrons. The summed E-state index contributed by atoms with van der Waals surface area (Å²) >= 11 is 0. The van der Waals surface area contributed by atoms with E-state index in [0.717, 1.165) is 0 Å². The minimum Gasteiger partial charge on any atom is -0.465 e. The lowest BCUT2D eigenvalue weighted by Crippen LogP contribution is -2.58. The van der Waals surface area contributed by atoms with Crippen LogP contribution in [-0.2, 0) is 4.79 Å². The maximum Gasteiger partial charge on any atom is 0.407 e. The summed E-state index contributed by atoms with van der Waals surface area (Å²) in [6.45, 7) is 7.89. The van der Waals surface area contributed by atoms with Crippen molar-refractivity contribution in [3.63, 3.8) is 0 Å². The van der Waals surface area contributed by atoms with E-state index in [1.165, 1.54) is 17.0 Å². The molecule has 126 valence electrons. The zero-order valence-electron chi connectivity index (χ0n) is 13.9. The molecule has 0 aliphatic carbocycles. The monoisotopic (exact) mass is 322 g/mol. The molecule has 0 bridgehead atoms. The quantitative estimate of drug-likeness (QED) is 0.864. The van der Waals surface area contributed by atoms with E-state index in [1.807, 2.05) is 27.7 Å². The van der Waals surface area contributed by atoms with E-state index >= 15 is 0 Å². The number of hydrogen-bond acceptors (Lipinski definition) is 2. The zero-order valence-corrected chi connectivity index (χ0v) is 13.9. The highest BCUT2D eigenvalue weighted by atomic mass is 19.1. The molecule has 1 fully saturated rings. The second-order valence-electron chi connectivity index (χ2n) is 7.06. The van der Waals surface area contributed by atoms with Gasteiger partial charge in [0.2, 0.25) is 5.91 Å². The highest BCUT2D eigenvalue weighted by molar-refractivity contribution is 5.82. The molecule has 1 saturated heterocycles. The number of rotatable bonds is 1. The summed E-state index contributed by atoms with van der Waals surface area (Å²) in [6.07, 6.45) is -1.03. The van der Waals surface area contributed by atoms with Gasteiger partial charge in [0.25, 0.3) is 0 Å². The molecule has 6 heteroatoms. The first kappa shape index (κ1) is 17.2. The number of carbonyl (C=O) groups is 2. The summed E-state index contributed by atoms with van der Waals surface area (Å²) in [5, 5.41) is 9.48. The first-order valence-electron chi connectivity index (χ1n) is 7.67. The molecular formula is C17H23FN2O3. The molecule has 0 aromatic heterocycles. The fourth-order valence-electron chi connectivity index (χ4n) is 2.87. The second kappa shape index (κ2) is 6.18. The van der Waals surface area contributed by atoms with Gasteiger partial charge in [-0.3, -0.25) is 9.69 Å². The van der Waals surface area contributed by atoms with Gasteiger partial charge in [-0.25, -0.2) is 9.18 Å². The van der Waals surface area contributed by atoms with E-state index in [-0.39, 0.29) is 30.9 Å². The fourth-order valence-corrected chi connectivity index (χ4v) is 2.87. The van der Waals surface area contributed by atoms with Crippen LogP contribution in [0.15, 0.2) is 24.3 Å². The van der Waals surface area contributed by atoms with Crippen LogP contribution >= 0.6 is 0 Å². The van der Waals surface area contributed by atoms with Crippen molar-refractivity contribution < 1.29 is 19.1 Å². The van der Waals surface area contributed by atoms with Crippen LogP contribution in [0.2, 0.25) is 0 Å². The molecule has 1 N–H and O–H groups in total. The van der Waals surface area contributed by atoms with Crippen molar-refractivity contribution in [2.24, 2.45) is 5.41 Å². The highest BCUT2D eigenvalue weighted by Crippen LogP contribution is 2.31. The van der Waals surface area contributed by atoms with Gasteiger partial charge < -0.3 is 10.0 Å². The smallest absolute Gasteiger partial charge is 0.407 e. The highest BCUT2D eigenvalue weighted by Gasteiger charge is 2.40. The van der Waals surface area contributed by atoms with E-state index < -0.39 is 17.6 Å². The summed E-state index contributed by atoms with van der Waals surface area (Å²) in [5.41, 5.74) is 0.153. The van der Waals surface area contributed by atoms with E-state index in [4.69, 9.17) is 0 Å². The third-order valence-corrected chi connectivity index (χ3v) is 4.14. The topological polar surface area (TPSA) is 60.9 Å². The Labute approximate surface area is 135 Å². The molecule has 1 aromatic carbocycles. The fraction of sp³-hybridized carbons (Fsp3) is 0.529. The van der Waals surface area contributed by atoms with Crippen LogP contribution in [-0.4, -0.2) is 46.0 Å². The van der Waals surface area contributed by atoms with E-state index in [2.05, 4.69) is 0 Å². The Balaban J connectivity index is 2.34. The maximum absolute atomic E-state index is 13.1. The molecule has 23 heavy (non-hydrogen) atoms. The average Bonchev–Trinajstić information content (AvgIpc) is 2.46. The number of benzene rings is 1. The van der Waals surface area contributed by atoms with Gasteiger partial charge in [-0.05, 0) is 24.6 Å². The molecule has 1 aromatic rings. The molecule has 0 saturated carbocycles. The molecule has 1 aliphatic rings. The van der Waals surface area contributed by atoms with Crippen molar-refractivity contribution in [3.05, 3.63) is 35.6 Å². The van der Waals surface area contributed by atoms with Crippen LogP contribution in [0.25, 0.3) is 0 Å². The second-order valence-corrected chi connectivity index (χ2v) is 7.06. The Hall–Kier alpha value is -2.11. The summed E-state index contributed by atoms with van der Waals surface area (Å²) < 4.78 is 13.1. The van der Waals surface area contributed by atoms with Crippen molar-refractivity contribution in [1.82, 2.24) is 9.80 Å². The number of carboxylic acid groups (broad SMARTS) is 1. The summed E-state index contributed by atoms with van der Waals surface area (Å²) in [5.74, 6) is -0.385. The Kier molecular flexibility index (Phi) is 4.63. The standard InChI is InChI=1S/C17H23FN2O3/c1-11-9-20(16(22)23)14(12-5-7-13(18)8-6-12)10-19(11)15(21)17(2,3)4/h5-8,11,14H,9-10H2,1-4H3,(H,22,23)/t11-,14-/m1/s1. The van der Waals surface area contributed by atoms with Crippen molar-refractivity contribution in [2.45, 2.75) is 39.8 Å².